The van der Waals surface area contributed by atoms with Gasteiger partial charge in [0.25, 0.3) is 0 Å². The number of Topliss-reactive ketones (excluding diaryl/α,β-unsaturated/α-hetero) is 1. The summed E-state index contributed by atoms with van der Waals surface area (Å²) in [5, 5.41) is 0. The summed E-state index contributed by atoms with van der Waals surface area (Å²) in [6.07, 6.45) is 2.62. The van der Waals surface area contributed by atoms with Crippen LogP contribution in [0.25, 0.3) is 11.1 Å². The molecule has 2 aromatic carbocycles. The summed E-state index contributed by atoms with van der Waals surface area (Å²) < 4.78 is 5.44. The van der Waals surface area contributed by atoms with Crippen LogP contribution in [0.15, 0.2) is 42.5 Å². The van der Waals surface area contributed by atoms with Crippen molar-refractivity contribution in [2.75, 3.05) is 13.7 Å². The molecule has 3 rings (SSSR count). The van der Waals surface area contributed by atoms with E-state index in [2.05, 4.69) is 37.3 Å². The van der Waals surface area contributed by atoms with E-state index in [-0.39, 0.29) is 11.7 Å². The second-order valence-corrected chi connectivity index (χ2v) is 5.89. The monoisotopic (exact) mass is 294 g/mol. The van der Waals surface area contributed by atoms with Crippen LogP contribution in [-0.2, 0) is 4.74 Å². The highest BCUT2D eigenvalue weighted by Crippen LogP contribution is 2.46. The minimum absolute atomic E-state index is 0.165. The molecule has 0 amide bonds. The van der Waals surface area contributed by atoms with Crippen molar-refractivity contribution in [3.8, 4) is 11.1 Å². The smallest absolute Gasteiger partial charge is 0.163 e. The zero-order chi connectivity index (χ0) is 15.5. The molecule has 0 aliphatic heterocycles. The van der Waals surface area contributed by atoms with Crippen LogP contribution in [0.3, 0.4) is 0 Å². The number of carbonyl (C=O) groups is 1. The molecule has 1 unspecified atom stereocenters. The van der Waals surface area contributed by atoms with Crippen LogP contribution in [0.4, 0.5) is 0 Å². The lowest BCUT2D eigenvalue weighted by Crippen LogP contribution is -2.10. The Bertz CT molecular complexity index is 688. The SMILES string of the molecule is CCCCC(=O)c1cccc2c1C(COC)c1ccccc1-2. The second kappa shape index (κ2) is 6.45. The third-order valence-electron chi connectivity index (χ3n) is 4.47. The van der Waals surface area contributed by atoms with Gasteiger partial charge in [0.05, 0.1) is 6.61 Å². The zero-order valence-electron chi connectivity index (χ0n) is 13.3. The first kappa shape index (κ1) is 15.0. The van der Waals surface area contributed by atoms with Gasteiger partial charge < -0.3 is 4.74 Å². The average molecular weight is 294 g/mol. The number of rotatable bonds is 6. The Hall–Kier alpha value is -1.93. The van der Waals surface area contributed by atoms with Gasteiger partial charge in [-0.2, -0.15) is 0 Å². The molecule has 2 nitrogen and oxygen atoms in total. The maximum atomic E-state index is 12.6. The van der Waals surface area contributed by atoms with Crippen LogP contribution in [-0.4, -0.2) is 19.5 Å². The summed E-state index contributed by atoms with van der Waals surface area (Å²) in [6, 6.07) is 14.5. The minimum atomic E-state index is 0.165. The first-order valence-electron chi connectivity index (χ1n) is 8.02. The standard InChI is InChI=1S/C20H22O2/c1-3-4-12-19(21)17-11-7-10-16-14-8-5-6-9-15(14)18(13-22-2)20(16)17/h5-11,18H,3-4,12-13H2,1-2H3. The van der Waals surface area contributed by atoms with Crippen molar-refractivity contribution in [1.29, 1.82) is 0 Å². The van der Waals surface area contributed by atoms with Crippen LogP contribution < -0.4 is 0 Å². The fraction of sp³-hybridized carbons (Fsp3) is 0.350. The quantitative estimate of drug-likeness (QED) is 0.714. The predicted octanol–water partition coefficient (Wildman–Crippen LogP) is 4.82. The topological polar surface area (TPSA) is 26.3 Å². The Balaban J connectivity index is 2.10. The number of fused-ring (bicyclic) bond motifs is 3. The van der Waals surface area contributed by atoms with Gasteiger partial charge in [0, 0.05) is 25.0 Å². The van der Waals surface area contributed by atoms with E-state index in [0.29, 0.717) is 13.0 Å². The Labute approximate surface area is 132 Å². The summed E-state index contributed by atoms with van der Waals surface area (Å²) in [5.74, 6) is 0.422. The van der Waals surface area contributed by atoms with Crippen LogP contribution in [0.1, 0.15) is 53.6 Å². The third-order valence-corrected chi connectivity index (χ3v) is 4.47. The van der Waals surface area contributed by atoms with E-state index >= 15 is 0 Å². The molecular weight excluding hydrogens is 272 g/mol. The van der Waals surface area contributed by atoms with Gasteiger partial charge in [0.15, 0.2) is 5.78 Å². The van der Waals surface area contributed by atoms with Gasteiger partial charge in [-0.05, 0) is 28.7 Å². The Morgan fingerprint density at radius 2 is 1.86 bits per heavy atom. The minimum Gasteiger partial charge on any atom is -0.384 e. The van der Waals surface area contributed by atoms with Gasteiger partial charge in [0.1, 0.15) is 0 Å². The van der Waals surface area contributed by atoms with E-state index < -0.39 is 0 Å². The molecule has 1 aliphatic rings. The highest BCUT2D eigenvalue weighted by molar-refractivity contribution is 6.01. The van der Waals surface area contributed by atoms with Crippen molar-refractivity contribution >= 4 is 5.78 Å². The Morgan fingerprint density at radius 1 is 1.09 bits per heavy atom. The first-order valence-corrected chi connectivity index (χ1v) is 8.02. The predicted molar refractivity (Wildman–Crippen MR) is 89.5 cm³/mol. The lowest BCUT2D eigenvalue weighted by molar-refractivity contribution is 0.0978. The van der Waals surface area contributed by atoms with Gasteiger partial charge in [-0.1, -0.05) is 55.8 Å². The summed E-state index contributed by atoms with van der Waals surface area (Å²) >= 11 is 0. The molecule has 0 spiro atoms. The number of ether oxygens (including phenoxy) is 1. The van der Waals surface area contributed by atoms with Crippen LogP contribution in [0.2, 0.25) is 0 Å². The molecule has 22 heavy (non-hydrogen) atoms. The van der Waals surface area contributed by atoms with Crippen molar-refractivity contribution < 1.29 is 9.53 Å². The van der Waals surface area contributed by atoms with Crippen LogP contribution in [0.5, 0.6) is 0 Å². The fourth-order valence-electron chi connectivity index (χ4n) is 3.43. The zero-order valence-corrected chi connectivity index (χ0v) is 13.3. The van der Waals surface area contributed by atoms with E-state index in [4.69, 9.17) is 4.74 Å². The molecule has 0 fully saturated rings. The van der Waals surface area contributed by atoms with Crippen LogP contribution in [0, 0.1) is 0 Å². The van der Waals surface area contributed by atoms with Gasteiger partial charge in [-0.25, -0.2) is 0 Å². The van der Waals surface area contributed by atoms with Crippen molar-refractivity contribution in [2.24, 2.45) is 0 Å². The molecule has 0 saturated heterocycles. The maximum absolute atomic E-state index is 12.6. The maximum Gasteiger partial charge on any atom is 0.163 e. The Kier molecular flexibility index (Phi) is 4.39. The van der Waals surface area contributed by atoms with Gasteiger partial charge in [-0.15, -0.1) is 0 Å². The molecule has 0 bridgehead atoms. The van der Waals surface area contributed by atoms with Gasteiger partial charge in [-0.3, -0.25) is 4.79 Å². The molecule has 1 aliphatic carbocycles. The fourth-order valence-corrected chi connectivity index (χ4v) is 3.43. The summed E-state index contributed by atoms with van der Waals surface area (Å²) in [4.78, 5) is 12.6. The lowest BCUT2D eigenvalue weighted by atomic mass is 9.90. The number of hydrogen-bond donors (Lipinski definition) is 0. The summed E-state index contributed by atoms with van der Waals surface area (Å²) in [7, 11) is 1.72. The summed E-state index contributed by atoms with van der Waals surface area (Å²) in [5.41, 5.74) is 5.75. The number of ketones is 1. The van der Waals surface area contributed by atoms with E-state index in [9.17, 15) is 4.79 Å². The molecule has 0 saturated carbocycles. The Morgan fingerprint density at radius 3 is 2.64 bits per heavy atom. The van der Waals surface area contributed by atoms with Crippen molar-refractivity contribution in [2.45, 2.75) is 32.1 Å². The molecule has 0 aromatic heterocycles. The number of hydrogen-bond acceptors (Lipinski definition) is 2. The molecule has 0 radical (unpaired) electrons. The van der Waals surface area contributed by atoms with Gasteiger partial charge >= 0.3 is 0 Å². The third kappa shape index (κ3) is 2.48. The van der Waals surface area contributed by atoms with E-state index in [0.717, 1.165) is 24.0 Å². The van der Waals surface area contributed by atoms with Crippen LogP contribution >= 0.6 is 0 Å². The lowest BCUT2D eigenvalue weighted by Gasteiger charge is -2.15. The number of benzene rings is 2. The first-order chi connectivity index (χ1) is 10.8. The summed E-state index contributed by atoms with van der Waals surface area (Å²) in [6.45, 7) is 2.73. The second-order valence-electron chi connectivity index (χ2n) is 5.89. The largest absolute Gasteiger partial charge is 0.384 e. The van der Waals surface area contributed by atoms with E-state index in [1.54, 1.807) is 7.11 Å². The molecule has 0 heterocycles. The highest BCUT2D eigenvalue weighted by Gasteiger charge is 2.31. The number of methoxy groups -OCH3 is 1. The molecular formula is C20H22O2. The molecule has 114 valence electrons. The van der Waals surface area contributed by atoms with Crippen molar-refractivity contribution in [1.82, 2.24) is 0 Å². The van der Waals surface area contributed by atoms with Crippen molar-refractivity contribution in [3.63, 3.8) is 0 Å². The number of unbranched alkanes of at least 4 members (excludes halogenated alkanes) is 1. The van der Waals surface area contributed by atoms with E-state index in [1.165, 1.54) is 16.7 Å². The number of carbonyl (C=O) groups excluding carboxylic acids is 1. The molecule has 2 heteroatoms. The molecule has 0 N–H and O–H groups in total. The van der Waals surface area contributed by atoms with Crippen molar-refractivity contribution in [3.05, 3.63) is 59.2 Å². The normalized spacial score (nSPS) is 15.5. The van der Waals surface area contributed by atoms with Gasteiger partial charge in [0.2, 0.25) is 0 Å². The highest BCUT2D eigenvalue weighted by atomic mass is 16.5. The molecule has 2 aromatic rings. The van der Waals surface area contributed by atoms with E-state index in [1.807, 2.05) is 12.1 Å². The average Bonchev–Trinajstić information content (AvgIpc) is 2.88. The molecule has 1 atom stereocenters.